The summed E-state index contributed by atoms with van der Waals surface area (Å²) in [6.45, 7) is 9.00. The third kappa shape index (κ3) is 5.71. The van der Waals surface area contributed by atoms with Crippen molar-refractivity contribution in [3.05, 3.63) is 0 Å². The van der Waals surface area contributed by atoms with Gasteiger partial charge < -0.3 is 20.4 Å². The zero-order valence-corrected chi connectivity index (χ0v) is 14.1. The molecule has 0 saturated carbocycles. The van der Waals surface area contributed by atoms with Crippen molar-refractivity contribution in [3.8, 4) is 0 Å². The van der Waals surface area contributed by atoms with Crippen LogP contribution in [0.2, 0.25) is 0 Å². The highest BCUT2D eigenvalue weighted by Gasteiger charge is 2.09. The van der Waals surface area contributed by atoms with Crippen LogP contribution in [0.25, 0.3) is 0 Å². The van der Waals surface area contributed by atoms with E-state index < -0.39 is 0 Å². The van der Waals surface area contributed by atoms with E-state index in [-0.39, 0.29) is 0 Å². The van der Waals surface area contributed by atoms with E-state index in [0.29, 0.717) is 23.9 Å². The van der Waals surface area contributed by atoms with Gasteiger partial charge in [0, 0.05) is 39.8 Å². The molecule has 1 unspecified atom stereocenters. The minimum absolute atomic E-state index is 0.583. The SMILES string of the molecule is CCNc1nc(NCCN(C)C(C)CC)nc(N(C)C)n1. The maximum absolute atomic E-state index is 4.41. The van der Waals surface area contributed by atoms with Crippen LogP contribution in [-0.2, 0) is 0 Å². The molecule has 0 aromatic carbocycles. The maximum atomic E-state index is 4.41. The molecule has 7 heteroatoms. The molecule has 0 aliphatic rings. The summed E-state index contributed by atoms with van der Waals surface area (Å²) in [5.41, 5.74) is 0. The van der Waals surface area contributed by atoms with Crippen LogP contribution in [0.1, 0.15) is 27.2 Å². The molecule has 0 spiro atoms. The van der Waals surface area contributed by atoms with Crippen LogP contribution in [0.3, 0.4) is 0 Å². The molecule has 0 saturated heterocycles. The van der Waals surface area contributed by atoms with Gasteiger partial charge in [-0.15, -0.1) is 0 Å². The molecular formula is C14H29N7. The number of rotatable bonds is 9. The van der Waals surface area contributed by atoms with Crippen LogP contribution < -0.4 is 15.5 Å². The summed E-state index contributed by atoms with van der Waals surface area (Å²) in [6.07, 6.45) is 1.15. The molecule has 0 fully saturated rings. The molecule has 1 atom stereocenters. The van der Waals surface area contributed by atoms with E-state index in [9.17, 15) is 0 Å². The quantitative estimate of drug-likeness (QED) is 0.715. The molecule has 1 heterocycles. The van der Waals surface area contributed by atoms with Crippen LogP contribution in [0.5, 0.6) is 0 Å². The number of hydrogen-bond acceptors (Lipinski definition) is 7. The first-order chi connectivity index (χ1) is 9.97. The highest BCUT2D eigenvalue weighted by atomic mass is 15.3. The number of likely N-dealkylation sites (N-methyl/N-ethyl adjacent to an activating group) is 1. The van der Waals surface area contributed by atoms with Crippen LogP contribution in [0.15, 0.2) is 0 Å². The minimum Gasteiger partial charge on any atom is -0.354 e. The number of hydrogen-bond donors (Lipinski definition) is 2. The minimum atomic E-state index is 0.583. The lowest BCUT2D eigenvalue weighted by atomic mass is 10.2. The summed E-state index contributed by atoms with van der Waals surface area (Å²) in [5.74, 6) is 1.87. The number of nitrogens with one attached hydrogen (secondary N) is 2. The Hall–Kier alpha value is -1.63. The van der Waals surface area contributed by atoms with E-state index in [4.69, 9.17) is 0 Å². The van der Waals surface area contributed by atoms with E-state index in [0.717, 1.165) is 26.1 Å². The standard InChI is InChI=1S/C14H29N7/c1-7-11(3)21(6)10-9-16-13-17-12(15-8-2)18-14(19-13)20(4)5/h11H,7-10H2,1-6H3,(H2,15,16,17,18,19). The zero-order valence-electron chi connectivity index (χ0n) is 14.1. The summed E-state index contributed by atoms with van der Waals surface area (Å²) in [5, 5.41) is 6.41. The fraction of sp³-hybridized carbons (Fsp3) is 0.786. The van der Waals surface area contributed by atoms with Crippen molar-refractivity contribution in [2.45, 2.75) is 33.2 Å². The second-order valence-electron chi connectivity index (χ2n) is 5.37. The second kappa shape index (κ2) is 8.61. The molecule has 21 heavy (non-hydrogen) atoms. The van der Waals surface area contributed by atoms with Crippen LogP contribution >= 0.6 is 0 Å². The summed E-state index contributed by atoms with van der Waals surface area (Å²) in [7, 11) is 5.98. The molecule has 1 aromatic heterocycles. The Morgan fingerprint density at radius 3 is 2.14 bits per heavy atom. The van der Waals surface area contributed by atoms with Crippen molar-refractivity contribution in [1.29, 1.82) is 0 Å². The monoisotopic (exact) mass is 295 g/mol. The average Bonchev–Trinajstić information content (AvgIpc) is 2.46. The first-order valence-corrected chi connectivity index (χ1v) is 7.59. The predicted molar refractivity (Wildman–Crippen MR) is 89.2 cm³/mol. The van der Waals surface area contributed by atoms with Gasteiger partial charge in [0.2, 0.25) is 17.8 Å². The highest BCUT2D eigenvalue weighted by Crippen LogP contribution is 2.11. The van der Waals surface area contributed by atoms with E-state index in [1.807, 2.05) is 25.9 Å². The Morgan fingerprint density at radius 1 is 1.00 bits per heavy atom. The van der Waals surface area contributed by atoms with Gasteiger partial charge in [-0.25, -0.2) is 0 Å². The highest BCUT2D eigenvalue weighted by molar-refractivity contribution is 5.42. The predicted octanol–water partition coefficient (Wildman–Crippen LogP) is 1.51. The molecule has 7 nitrogen and oxygen atoms in total. The normalized spacial score (nSPS) is 12.3. The van der Waals surface area contributed by atoms with Crippen molar-refractivity contribution < 1.29 is 0 Å². The van der Waals surface area contributed by atoms with Gasteiger partial charge in [-0.3, -0.25) is 0 Å². The van der Waals surface area contributed by atoms with E-state index in [1.165, 1.54) is 0 Å². The van der Waals surface area contributed by atoms with Crippen LogP contribution in [-0.4, -0.2) is 66.7 Å². The third-order valence-corrected chi connectivity index (χ3v) is 3.45. The Balaban J connectivity index is 2.65. The van der Waals surface area contributed by atoms with Gasteiger partial charge in [0.25, 0.3) is 0 Å². The van der Waals surface area contributed by atoms with Crippen molar-refractivity contribution >= 4 is 17.8 Å². The lowest BCUT2D eigenvalue weighted by Gasteiger charge is -2.23. The zero-order chi connectivity index (χ0) is 15.8. The van der Waals surface area contributed by atoms with Crippen LogP contribution in [0.4, 0.5) is 17.8 Å². The summed E-state index contributed by atoms with van der Waals surface area (Å²) in [4.78, 5) is 17.3. The van der Waals surface area contributed by atoms with Gasteiger partial charge in [0.1, 0.15) is 0 Å². The van der Waals surface area contributed by atoms with Crippen molar-refractivity contribution in [1.82, 2.24) is 19.9 Å². The number of nitrogens with zero attached hydrogens (tertiary/aromatic N) is 5. The molecule has 0 radical (unpaired) electrons. The molecule has 0 bridgehead atoms. The average molecular weight is 295 g/mol. The van der Waals surface area contributed by atoms with Crippen molar-refractivity contribution in [2.24, 2.45) is 0 Å². The van der Waals surface area contributed by atoms with E-state index in [2.05, 4.69) is 51.4 Å². The second-order valence-corrected chi connectivity index (χ2v) is 5.37. The summed E-state index contributed by atoms with van der Waals surface area (Å²) < 4.78 is 0. The Labute approximate surface area is 128 Å². The van der Waals surface area contributed by atoms with Gasteiger partial charge in [0.15, 0.2) is 0 Å². The molecule has 1 rings (SSSR count). The van der Waals surface area contributed by atoms with Gasteiger partial charge in [-0.05, 0) is 27.3 Å². The summed E-state index contributed by atoms with van der Waals surface area (Å²) in [6, 6.07) is 0.583. The lowest BCUT2D eigenvalue weighted by molar-refractivity contribution is 0.261. The van der Waals surface area contributed by atoms with Crippen molar-refractivity contribution in [3.63, 3.8) is 0 Å². The van der Waals surface area contributed by atoms with Gasteiger partial charge in [-0.2, -0.15) is 15.0 Å². The third-order valence-electron chi connectivity index (χ3n) is 3.45. The number of anilines is 3. The maximum Gasteiger partial charge on any atom is 0.231 e. The van der Waals surface area contributed by atoms with Gasteiger partial charge >= 0.3 is 0 Å². The molecule has 120 valence electrons. The molecule has 0 amide bonds. The largest absolute Gasteiger partial charge is 0.354 e. The molecule has 1 aromatic rings. The first-order valence-electron chi connectivity index (χ1n) is 7.59. The Bertz CT molecular complexity index is 422. The molecular weight excluding hydrogens is 266 g/mol. The fourth-order valence-corrected chi connectivity index (χ4v) is 1.76. The fourth-order valence-electron chi connectivity index (χ4n) is 1.76. The topological polar surface area (TPSA) is 69.2 Å². The van der Waals surface area contributed by atoms with Gasteiger partial charge in [0.05, 0.1) is 0 Å². The Kier molecular flexibility index (Phi) is 7.14. The molecule has 0 aliphatic heterocycles. The van der Waals surface area contributed by atoms with Gasteiger partial charge in [-0.1, -0.05) is 6.92 Å². The lowest BCUT2D eigenvalue weighted by Crippen LogP contribution is -2.33. The smallest absolute Gasteiger partial charge is 0.231 e. The Morgan fingerprint density at radius 2 is 1.62 bits per heavy atom. The summed E-state index contributed by atoms with van der Waals surface area (Å²) >= 11 is 0. The first kappa shape index (κ1) is 17.4. The van der Waals surface area contributed by atoms with E-state index >= 15 is 0 Å². The molecule has 0 aliphatic carbocycles. The van der Waals surface area contributed by atoms with Crippen LogP contribution in [0, 0.1) is 0 Å². The van der Waals surface area contributed by atoms with Crippen molar-refractivity contribution in [2.75, 3.05) is 56.3 Å². The number of aromatic nitrogens is 3. The van der Waals surface area contributed by atoms with E-state index in [1.54, 1.807) is 0 Å². The molecule has 2 N–H and O–H groups in total.